The zero-order valence-corrected chi connectivity index (χ0v) is 20.1. The molecule has 1 aliphatic rings. The van der Waals surface area contributed by atoms with Crippen LogP contribution in [0, 0.1) is 6.92 Å². The second kappa shape index (κ2) is 10.6. The number of hydrogen-bond acceptors (Lipinski definition) is 5. The predicted octanol–water partition coefficient (Wildman–Crippen LogP) is 4.66. The average Bonchev–Trinajstić information content (AvgIpc) is 3.59. The van der Waals surface area contributed by atoms with E-state index in [1.807, 2.05) is 91.9 Å². The van der Waals surface area contributed by atoms with Gasteiger partial charge in [-0.05, 0) is 30.9 Å². The van der Waals surface area contributed by atoms with Crippen molar-refractivity contribution in [3.8, 4) is 11.4 Å². The fourth-order valence-electron chi connectivity index (χ4n) is 4.66. The van der Waals surface area contributed by atoms with Gasteiger partial charge in [-0.15, -0.1) is 0 Å². The van der Waals surface area contributed by atoms with Crippen LogP contribution in [0.15, 0.2) is 89.5 Å². The number of nitrogens with one attached hydrogen (secondary N) is 1. The fraction of sp³-hybridized carbons (Fsp3) is 0.241. The van der Waals surface area contributed by atoms with Crippen LogP contribution >= 0.6 is 0 Å². The monoisotopic (exact) mass is 480 g/mol. The molecule has 5 rings (SSSR count). The highest BCUT2D eigenvalue weighted by Crippen LogP contribution is 2.32. The number of carbonyl (C=O) groups excluding carboxylic acids is 2. The predicted molar refractivity (Wildman–Crippen MR) is 136 cm³/mol. The molecule has 2 amide bonds. The van der Waals surface area contributed by atoms with Gasteiger partial charge in [0.1, 0.15) is 6.04 Å². The summed E-state index contributed by atoms with van der Waals surface area (Å²) in [5.41, 5.74) is 3.77. The molecule has 7 heteroatoms. The Hall–Kier alpha value is -4.26. The molecule has 0 aliphatic carbocycles. The summed E-state index contributed by atoms with van der Waals surface area (Å²) in [6, 6.07) is 26.8. The van der Waals surface area contributed by atoms with E-state index in [1.165, 1.54) is 0 Å². The summed E-state index contributed by atoms with van der Waals surface area (Å²) in [6.07, 6.45) is 1.58. The number of aryl methyl sites for hydroxylation is 1. The molecule has 36 heavy (non-hydrogen) atoms. The molecule has 1 unspecified atom stereocenters. The first-order valence-electron chi connectivity index (χ1n) is 12.2. The second-order valence-electron chi connectivity index (χ2n) is 9.04. The van der Waals surface area contributed by atoms with Gasteiger partial charge < -0.3 is 14.7 Å². The van der Waals surface area contributed by atoms with Crippen LogP contribution in [0.1, 0.15) is 47.4 Å². The highest BCUT2D eigenvalue weighted by Gasteiger charge is 2.34. The Kier molecular flexibility index (Phi) is 6.89. The van der Waals surface area contributed by atoms with Gasteiger partial charge in [-0.25, -0.2) is 0 Å². The summed E-state index contributed by atoms with van der Waals surface area (Å²) in [5, 5.41) is 6.99. The van der Waals surface area contributed by atoms with Crippen molar-refractivity contribution in [2.45, 2.75) is 31.7 Å². The van der Waals surface area contributed by atoms with Crippen LogP contribution < -0.4 is 5.32 Å². The molecule has 182 valence electrons. The van der Waals surface area contributed by atoms with Crippen LogP contribution in [-0.4, -0.2) is 39.9 Å². The molecule has 3 aromatic carbocycles. The molecule has 1 fully saturated rings. The maximum Gasteiger partial charge on any atom is 0.249 e. The number of hydrogen-bond donors (Lipinski definition) is 1. The van der Waals surface area contributed by atoms with Gasteiger partial charge in [-0.3, -0.25) is 9.59 Å². The van der Waals surface area contributed by atoms with Gasteiger partial charge in [0.05, 0.1) is 12.5 Å². The van der Waals surface area contributed by atoms with E-state index in [-0.39, 0.29) is 24.4 Å². The van der Waals surface area contributed by atoms with Crippen LogP contribution in [0.5, 0.6) is 0 Å². The van der Waals surface area contributed by atoms with E-state index in [0.717, 1.165) is 35.1 Å². The van der Waals surface area contributed by atoms with Crippen LogP contribution in [-0.2, 0) is 9.59 Å². The number of rotatable bonds is 7. The maximum atomic E-state index is 13.3. The minimum absolute atomic E-state index is 0.0928. The fourth-order valence-corrected chi connectivity index (χ4v) is 4.66. The Morgan fingerprint density at radius 2 is 1.61 bits per heavy atom. The minimum Gasteiger partial charge on any atom is -0.346 e. The SMILES string of the molecule is Cc1ccc(-c2noc(C3CCCN3C(=O)CNC(=O)C(c3ccccc3)c3ccccc3)n2)cc1. The number of aromatic nitrogens is 2. The molecular formula is C29H28N4O3. The third kappa shape index (κ3) is 5.05. The zero-order chi connectivity index (χ0) is 24.9. The zero-order valence-electron chi connectivity index (χ0n) is 20.1. The quantitative estimate of drug-likeness (QED) is 0.416. The Morgan fingerprint density at radius 3 is 2.25 bits per heavy atom. The highest BCUT2D eigenvalue weighted by atomic mass is 16.5. The lowest BCUT2D eigenvalue weighted by molar-refractivity contribution is -0.134. The number of benzene rings is 3. The van der Waals surface area contributed by atoms with Crippen molar-refractivity contribution in [1.82, 2.24) is 20.4 Å². The average molecular weight is 481 g/mol. The van der Waals surface area contributed by atoms with Crippen molar-refractivity contribution < 1.29 is 14.1 Å². The molecule has 1 saturated heterocycles. The molecule has 7 nitrogen and oxygen atoms in total. The number of carbonyl (C=O) groups is 2. The van der Waals surface area contributed by atoms with Gasteiger partial charge in [0.2, 0.25) is 23.5 Å². The molecule has 1 aromatic heterocycles. The van der Waals surface area contributed by atoms with Gasteiger partial charge in [0.15, 0.2) is 0 Å². The summed E-state index contributed by atoms with van der Waals surface area (Å²) in [6.45, 7) is 2.51. The normalized spacial score (nSPS) is 15.3. The summed E-state index contributed by atoms with van der Waals surface area (Å²) >= 11 is 0. The lowest BCUT2D eigenvalue weighted by Gasteiger charge is -2.23. The van der Waals surface area contributed by atoms with Crippen LogP contribution in [0.4, 0.5) is 0 Å². The van der Waals surface area contributed by atoms with E-state index < -0.39 is 5.92 Å². The van der Waals surface area contributed by atoms with Crippen molar-refractivity contribution >= 4 is 11.8 Å². The van der Waals surface area contributed by atoms with Gasteiger partial charge in [-0.1, -0.05) is 95.6 Å². The topological polar surface area (TPSA) is 88.3 Å². The molecular weight excluding hydrogens is 452 g/mol. The molecule has 0 saturated carbocycles. The first-order chi connectivity index (χ1) is 17.6. The standard InChI is InChI=1S/C29H28N4O3/c1-20-14-16-23(17-15-20)27-31-29(36-32-27)24-13-8-18-33(24)25(34)19-30-28(35)26(21-9-4-2-5-10-21)22-11-6-3-7-12-22/h2-7,9-12,14-17,24,26H,8,13,18-19H2,1H3,(H,30,35). The summed E-state index contributed by atoms with van der Waals surface area (Å²) in [7, 11) is 0. The van der Waals surface area contributed by atoms with Gasteiger partial charge >= 0.3 is 0 Å². The number of amides is 2. The smallest absolute Gasteiger partial charge is 0.249 e. The summed E-state index contributed by atoms with van der Waals surface area (Å²) in [5.74, 6) is 0.0553. The molecule has 4 aromatic rings. The van der Waals surface area contributed by atoms with E-state index in [0.29, 0.717) is 18.3 Å². The van der Waals surface area contributed by atoms with Crippen LogP contribution in [0.2, 0.25) is 0 Å². The lowest BCUT2D eigenvalue weighted by atomic mass is 9.90. The molecule has 0 spiro atoms. The Morgan fingerprint density at radius 1 is 0.972 bits per heavy atom. The van der Waals surface area contributed by atoms with Crippen LogP contribution in [0.25, 0.3) is 11.4 Å². The number of likely N-dealkylation sites (tertiary alicyclic amines) is 1. The van der Waals surface area contributed by atoms with Gasteiger partial charge in [0.25, 0.3) is 0 Å². The van der Waals surface area contributed by atoms with E-state index in [4.69, 9.17) is 4.52 Å². The molecule has 1 N–H and O–H groups in total. The Bertz CT molecular complexity index is 1280. The molecule has 0 radical (unpaired) electrons. The third-order valence-corrected chi connectivity index (χ3v) is 6.55. The van der Waals surface area contributed by atoms with Crippen molar-refractivity contribution in [3.05, 3.63) is 108 Å². The summed E-state index contributed by atoms with van der Waals surface area (Å²) < 4.78 is 5.55. The molecule has 2 heterocycles. The largest absolute Gasteiger partial charge is 0.346 e. The van der Waals surface area contributed by atoms with E-state index in [1.54, 1.807) is 4.90 Å². The Balaban J connectivity index is 1.27. The molecule has 1 aliphatic heterocycles. The summed E-state index contributed by atoms with van der Waals surface area (Å²) in [4.78, 5) is 32.7. The third-order valence-electron chi connectivity index (χ3n) is 6.55. The van der Waals surface area contributed by atoms with Crippen molar-refractivity contribution in [3.63, 3.8) is 0 Å². The molecule has 1 atom stereocenters. The maximum absolute atomic E-state index is 13.3. The van der Waals surface area contributed by atoms with E-state index in [9.17, 15) is 9.59 Å². The minimum atomic E-state index is -0.498. The first kappa shape index (κ1) is 23.5. The first-order valence-corrected chi connectivity index (χ1v) is 12.2. The molecule has 0 bridgehead atoms. The van der Waals surface area contributed by atoms with E-state index in [2.05, 4.69) is 15.5 Å². The highest BCUT2D eigenvalue weighted by molar-refractivity contribution is 5.91. The number of nitrogens with zero attached hydrogens (tertiary/aromatic N) is 3. The van der Waals surface area contributed by atoms with Crippen molar-refractivity contribution in [1.29, 1.82) is 0 Å². The van der Waals surface area contributed by atoms with Gasteiger partial charge in [0, 0.05) is 12.1 Å². The van der Waals surface area contributed by atoms with Gasteiger partial charge in [-0.2, -0.15) is 4.98 Å². The van der Waals surface area contributed by atoms with Crippen molar-refractivity contribution in [2.75, 3.05) is 13.1 Å². The lowest BCUT2D eigenvalue weighted by Crippen LogP contribution is -2.41. The van der Waals surface area contributed by atoms with E-state index >= 15 is 0 Å². The van der Waals surface area contributed by atoms with Crippen LogP contribution in [0.3, 0.4) is 0 Å². The van der Waals surface area contributed by atoms with Crippen molar-refractivity contribution in [2.24, 2.45) is 0 Å². The Labute approximate surface area is 210 Å². The second-order valence-corrected chi connectivity index (χ2v) is 9.04.